The van der Waals surface area contributed by atoms with Gasteiger partial charge in [-0.15, -0.1) is 0 Å². The van der Waals surface area contributed by atoms with E-state index in [0.717, 1.165) is 25.3 Å². The smallest absolute Gasteiger partial charge is 0.122 e. The second-order valence-electron chi connectivity index (χ2n) is 4.37. The molecule has 0 fully saturated rings. The molecule has 2 N–H and O–H groups in total. The van der Waals surface area contributed by atoms with Gasteiger partial charge >= 0.3 is 0 Å². The van der Waals surface area contributed by atoms with Gasteiger partial charge in [-0.2, -0.15) is 0 Å². The standard InChI is InChI=1S/C14H16N2O/c15-9-14-12(6-8-17-14)10-16-7-5-11-3-1-2-4-13(11)16/h1-4,6,8H,5,7,9-10,15H2. The van der Waals surface area contributed by atoms with Crippen molar-refractivity contribution in [2.24, 2.45) is 5.73 Å². The van der Waals surface area contributed by atoms with Crippen molar-refractivity contribution in [2.45, 2.75) is 19.5 Å². The zero-order chi connectivity index (χ0) is 11.7. The van der Waals surface area contributed by atoms with Gasteiger partial charge in [0, 0.05) is 24.3 Å². The maximum absolute atomic E-state index is 5.65. The molecular weight excluding hydrogens is 212 g/mol. The van der Waals surface area contributed by atoms with Crippen molar-refractivity contribution in [1.82, 2.24) is 0 Å². The van der Waals surface area contributed by atoms with E-state index < -0.39 is 0 Å². The molecule has 3 nitrogen and oxygen atoms in total. The van der Waals surface area contributed by atoms with E-state index >= 15 is 0 Å². The van der Waals surface area contributed by atoms with Gasteiger partial charge in [0.2, 0.25) is 0 Å². The van der Waals surface area contributed by atoms with Crippen molar-refractivity contribution >= 4 is 5.69 Å². The summed E-state index contributed by atoms with van der Waals surface area (Å²) in [5.74, 6) is 0.898. The number of benzene rings is 1. The Morgan fingerprint density at radius 2 is 2.12 bits per heavy atom. The van der Waals surface area contributed by atoms with Gasteiger partial charge < -0.3 is 15.1 Å². The third-order valence-electron chi connectivity index (χ3n) is 3.37. The van der Waals surface area contributed by atoms with Crippen molar-refractivity contribution < 1.29 is 4.42 Å². The molecule has 0 spiro atoms. The average Bonchev–Trinajstić information content (AvgIpc) is 2.97. The summed E-state index contributed by atoms with van der Waals surface area (Å²) in [5.41, 5.74) is 9.63. The van der Waals surface area contributed by atoms with Crippen LogP contribution in [0.25, 0.3) is 0 Å². The van der Waals surface area contributed by atoms with Crippen molar-refractivity contribution in [3.8, 4) is 0 Å². The molecular formula is C14H16N2O. The third kappa shape index (κ3) is 1.83. The first-order valence-corrected chi connectivity index (χ1v) is 5.96. The highest BCUT2D eigenvalue weighted by atomic mass is 16.3. The summed E-state index contributed by atoms with van der Waals surface area (Å²) in [7, 11) is 0. The van der Waals surface area contributed by atoms with E-state index in [1.807, 2.05) is 6.07 Å². The number of nitrogens with zero attached hydrogens (tertiary/aromatic N) is 1. The number of hydrogen-bond acceptors (Lipinski definition) is 3. The average molecular weight is 228 g/mol. The van der Waals surface area contributed by atoms with Gasteiger partial charge in [0.15, 0.2) is 0 Å². The molecule has 88 valence electrons. The van der Waals surface area contributed by atoms with Gasteiger partial charge in [0.05, 0.1) is 12.8 Å². The highest BCUT2D eigenvalue weighted by Crippen LogP contribution is 2.29. The zero-order valence-corrected chi connectivity index (χ0v) is 9.73. The molecule has 1 aliphatic rings. The molecule has 1 aromatic carbocycles. The minimum atomic E-state index is 0.470. The topological polar surface area (TPSA) is 42.4 Å². The largest absolute Gasteiger partial charge is 0.468 e. The molecule has 3 heteroatoms. The van der Waals surface area contributed by atoms with Crippen molar-refractivity contribution in [3.05, 3.63) is 53.5 Å². The molecule has 0 saturated heterocycles. The van der Waals surface area contributed by atoms with Crippen LogP contribution in [0, 0.1) is 0 Å². The van der Waals surface area contributed by atoms with Gasteiger partial charge in [-0.05, 0) is 24.1 Å². The lowest BCUT2D eigenvalue weighted by Gasteiger charge is -2.19. The Bertz CT molecular complexity index is 518. The van der Waals surface area contributed by atoms with E-state index in [4.69, 9.17) is 10.2 Å². The van der Waals surface area contributed by atoms with Crippen LogP contribution in [0.1, 0.15) is 16.9 Å². The summed E-state index contributed by atoms with van der Waals surface area (Å²) in [6.45, 7) is 2.44. The Morgan fingerprint density at radius 3 is 3.00 bits per heavy atom. The lowest BCUT2D eigenvalue weighted by molar-refractivity contribution is 0.507. The summed E-state index contributed by atoms with van der Waals surface area (Å²) >= 11 is 0. The molecule has 0 atom stereocenters. The first-order valence-electron chi connectivity index (χ1n) is 5.96. The Labute approximate surface area is 101 Å². The number of nitrogens with two attached hydrogens (primary N) is 1. The zero-order valence-electron chi connectivity index (χ0n) is 9.73. The van der Waals surface area contributed by atoms with E-state index in [1.165, 1.54) is 16.8 Å². The molecule has 2 heterocycles. The van der Waals surface area contributed by atoms with Crippen LogP contribution in [0.2, 0.25) is 0 Å². The molecule has 1 aromatic heterocycles. The molecule has 0 radical (unpaired) electrons. The maximum Gasteiger partial charge on any atom is 0.122 e. The van der Waals surface area contributed by atoms with E-state index in [2.05, 4.69) is 29.2 Å². The molecule has 2 aromatic rings. The van der Waals surface area contributed by atoms with Crippen LogP contribution in [-0.4, -0.2) is 6.54 Å². The summed E-state index contributed by atoms with van der Waals surface area (Å²) < 4.78 is 5.36. The Morgan fingerprint density at radius 1 is 1.24 bits per heavy atom. The van der Waals surface area contributed by atoms with Crippen LogP contribution in [0.4, 0.5) is 5.69 Å². The molecule has 0 bridgehead atoms. The number of rotatable bonds is 3. The highest BCUT2D eigenvalue weighted by molar-refractivity contribution is 5.58. The SMILES string of the molecule is NCc1occc1CN1CCc2ccccc21. The molecule has 0 amide bonds. The van der Waals surface area contributed by atoms with Crippen molar-refractivity contribution in [3.63, 3.8) is 0 Å². The van der Waals surface area contributed by atoms with Crippen molar-refractivity contribution in [1.29, 1.82) is 0 Å². The number of para-hydroxylation sites is 1. The van der Waals surface area contributed by atoms with E-state index in [0.29, 0.717) is 6.54 Å². The lowest BCUT2D eigenvalue weighted by atomic mass is 10.2. The Hall–Kier alpha value is -1.74. The quantitative estimate of drug-likeness (QED) is 0.876. The predicted octanol–water partition coefficient (Wildman–Crippen LogP) is 2.30. The Balaban J connectivity index is 1.84. The molecule has 17 heavy (non-hydrogen) atoms. The van der Waals surface area contributed by atoms with Crippen LogP contribution < -0.4 is 10.6 Å². The van der Waals surface area contributed by atoms with Gasteiger partial charge in [0.25, 0.3) is 0 Å². The number of fused-ring (bicyclic) bond motifs is 1. The van der Waals surface area contributed by atoms with Gasteiger partial charge in [-0.3, -0.25) is 0 Å². The van der Waals surface area contributed by atoms with Gasteiger partial charge in [-0.25, -0.2) is 0 Å². The third-order valence-corrected chi connectivity index (χ3v) is 3.37. The fraction of sp³-hybridized carbons (Fsp3) is 0.286. The normalized spacial score (nSPS) is 14.1. The summed E-state index contributed by atoms with van der Waals surface area (Å²) in [4.78, 5) is 2.39. The first kappa shape index (κ1) is 10.4. The van der Waals surface area contributed by atoms with Crippen LogP contribution in [0.3, 0.4) is 0 Å². The maximum atomic E-state index is 5.65. The molecule has 0 saturated carbocycles. The fourth-order valence-electron chi connectivity index (χ4n) is 2.46. The van der Waals surface area contributed by atoms with Crippen LogP contribution >= 0.6 is 0 Å². The van der Waals surface area contributed by atoms with Crippen molar-refractivity contribution in [2.75, 3.05) is 11.4 Å². The molecule has 1 aliphatic heterocycles. The lowest BCUT2D eigenvalue weighted by Crippen LogP contribution is -2.20. The minimum absolute atomic E-state index is 0.470. The number of anilines is 1. The summed E-state index contributed by atoms with van der Waals surface area (Å²) in [6.07, 6.45) is 2.85. The minimum Gasteiger partial charge on any atom is -0.468 e. The van der Waals surface area contributed by atoms with E-state index in [-0.39, 0.29) is 0 Å². The molecule has 0 aliphatic carbocycles. The van der Waals surface area contributed by atoms with Crippen LogP contribution in [0.5, 0.6) is 0 Å². The fourth-order valence-corrected chi connectivity index (χ4v) is 2.46. The summed E-state index contributed by atoms with van der Waals surface area (Å²) in [5, 5.41) is 0. The summed E-state index contributed by atoms with van der Waals surface area (Å²) in [6, 6.07) is 10.6. The number of hydrogen-bond donors (Lipinski definition) is 1. The molecule has 0 unspecified atom stereocenters. The van der Waals surface area contributed by atoms with Gasteiger partial charge in [-0.1, -0.05) is 18.2 Å². The second-order valence-corrected chi connectivity index (χ2v) is 4.37. The highest BCUT2D eigenvalue weighted by Gasteiger charge is 2.19. The first-order chi connectivity index (χ1) is 8.38. The monoisotopic (exact) mass is 228 g/mol. The predicted molar refractivity (Wildman–Crippen MR) is 67.8 cm³/mol. The van der Waals surface area contributed by atoms with Gasteiger partial charge in [0.1, 0.15) is 5.76 Å². The Kier molecular flexibility index (Phi) is 2.61. The van der Waals surface area contributed by atoms with Crippen LogP contribution in [0.15, 0.2) is 41.0 Å². The van der Waals surface area contributed by atoms with Crippen LogP contribution in [-0.2, 0) is 19.5 Å². The van der Waals surface area contributed by atoms with E-state index in [9.17, 15) is 0 Å². The number of furan rings is 1. The van der Waals surface area contributed by atoms with E-state index in [1.54, 1.807) is 6.26 Å². The molecule has 3 rings (SSSR count). The second kappa shape index (κ2) is 4.26.